The second-order valence-corrected chi connectivity index (χ2v) is 3.95. The smallest absolute Gasteiger partial charge is 0.308 e. The van der Waals surface area contributed by atoms with Crippen LogP contribution < -0.4 is 10.1 Å². The minimum absolute atomic E-state index is 0.138. The van der Waals surface area contributed by atoms with Gasteiger partial charge in [-0.3, -0.25) is 9.59 Å². The minimum atomic E-state index is -0.921. The molecule has 0 aliphatic rings. The number of para-hydroxylation sites is 1. The van der Waals surface area contributed by atoms with Crippen molar-refractivity contribution in [2.75, 3.05) is 13.2 Å². The number of aliphatic carboxylic acids is 1. The lowest BCUT2D eigenvalue weighted by molar-refractivity contribution is -0.141. The molecule has 1 aromatic carbocycles. The van der Waals surface area contributed by atoms with E-state index in [1.165, 1.54) is 0 Å². The van der Waals surface area contributed by atoms with Crippen LogP contribution in [0.3, 0.4) is 0 Å². The molecule has 0 aromatic heterocycles. The molecule has 18 heavy (non-hydrogen) atoms. The third kappa shape index (κ3) is 5.34. The third-order valence-electron chi connectivity index (χ3n) is 2.37. The Balaban J connectivity index is 2.16. The van der Waals surface area contributed by atoms with Crippen molar-refractivity contribution in [2.45, 2.75) is 13.3 Å². The van der Waals surface area contributed by atoms with E-state index < -0.39 is 11.9 Å². The van der Waals surface area contributed by atoms with Gasteiger partial charge in [0.2, 0.25) is 5.91 Å². The lowest BCUT2D eigenvalue weighted by atomic mass is 10.2. The first kappa shape index (κ1) is 14.0. The number of rotatable bonds is 7. The molecule has 0 saturated carbocycles. The summed E-state index contributed by atoms with van der Waals surface area (Å²) in [7, 11) is 0. The van der Waals surface area contributed by atoms with E-state index in [2.05, 4.69) is 5.32 Å². The average molecular weight is 251 g/mol. The number of hydrogen-bond donors (Lipinski definition) is 2. The molecule has 1 rings (SSSR count). The summed E-state index contributed by atoms with van der Waals surface area (Å²) in [5, 5.41) is 11.2. The summed E-state index contributed by atoms with van der Waals surface area (Å²) >= 11 is 0. The molecule has 1 unspecified atom stereocenters. The molecule has 0 aliphatic heterocycles. The van der Waals surface area contributed by atoms with Gasteiger partial charge >= 0.3 is 5.97 Å². The molecule has 0 saturated heterocycles. The Bertz CT molecular complexity index is 391. The van der Waals surface area contributed by atoms with Gasteiger partial charge in [0.1, 0.15) is 5.75 Å². The van der Waals surface area contributed by atoms with E-state index in [0.29, 0.717) is 5.75 Å². The Morgan fingerprint density at radius 1 is 1.33 bits per heavy atom. The van der Waals surface area contributed by atoms with Crippen LogP contribution in [0, 0.1) is 5.92 Å². The number of carbonyl (C=O) groups excluding carboxylic acids is 1. The summed E-state index contributed by atoms with van der Waals surface area (Å²) < 4.78 is 5.35. The van der Waals surface area contributed by atoms with Gasteiger partial charge in [-0.1, -0.05) is 25.1 Å². The van der Waals surface area contributed by atoms with Crippen LogP contribution in [0.1, 0.15) is 13.3 Å². The van der Waals surface area contributed by atoms with Gasteiger partial charge in [-0.2, -0.15) is 0 Å². The zero-order valence-electron chi connectivity index (χ0n) is 10.3. The first-order valence-electron chi connectivity index (χ1n) is 5.77. The minimum Gasteiger partial charge on any atom is -0.493 e. The first-order valence-corrected chi connectivity index (χ1v) is 5.77. The van der Waals surface area contributed by atoms with E-state index in [9.17, 15) is 9.59 Å². The number of carbonyl (C=O) groups is 2. The number of ether oxygens (including phenoxy) is 1. The number of amides is 1. The van der Waals surface area contributed by atoms with Crippen molar-refractivity contribution in [1.82, 2.24) is 5.32 Å². The summed E-state index contributed by atoms with van der Waals surface area (Å²) in [6.07, 6.45) is 0.210. The normalized spacial score (nSPS) is 11.6. The molecular weight excluding hydrogens is 234 g/mol. The average Bonchev–Trinajstić information content (AvgIpc) is 2.37. The molecule has 98 valence electrons. The van der Waals surface area contributed by atoms with Gasteiger partial charge < -0.3 is 15.2 Å². The van der Waals surface area contributed by atoms with Crippen LogP contribution in [0.4, 0.5) is 0 Å². The maximum absolute atomic E-state index is 11.4. The van der Waals surface area contributed by atoms with Crippen LogP contribution in [0.15, 0.2) is 30.3 Å². The van der Waals surface area contributed by atoms with Crippen LogP contribution in [-0.2, 0) is 9.59 Å². The first-order chi connectivity index (χ1) is 8.59. The number of carboxylic acids is 1. The molecule has 0 heterocycles. The van der Waals surface area contributed by atoms with Gasteiger partial charge in [0, 0.05) is 6.54 Å². The van der Waals surface area contributed by atoms with Crippen molar-refractivity contribution >= 4 is 11.9 Å². The number of benzene rings is 1. The maximum atomic E-state index is 11.4. The zero-order chi connectivity index (χ0) is 13.4. The molecule has 2 N–H and O–H groups in total. The number of carboxylic acid groups (broad SMARTS) is 1. The molecule has 1 atom stereocenters. The van der Waals surface area contributed by atoms with Gasteiger partial charge in [-0.05, 0) is 12.1 Å². The second kappa shape index (κ2) is 7.32. The number of hydrogen-bond acceptors (Lipinski definition) is 3. The summed E-state index contributed by atoms with van der Waals surface area (Å²) in [5.74, 6) is -0.997. The predicted octanol–water partition coefficient (Wildman–Crippen LogP) is 1.29. The van der Waals surface area contributed by atoms with E-state index in [1.807, 2.05) is 30.3 Å². The molecular formula is C13H17NO4. The van der Waals surface area contributed by atoms with Gasteiger partial charge in [-0.15, -0.1) is 0 Å². The van der Waals surface area contributed by atoms with Crippen molar-refractivity contribution < 1.29 is 19.4 Å². The standard InChI is InChI=1S/C13H17NO4/c1-10(13(16)17)9-14-12(15)7-8-18-11-5-3-2-4-6-11/h2-6,10H,7-9H2,1H3,(H,14,15)(H,16,17). The zero-order valence-corrected chi connectivity index (χ0v) is 10.3. The van der Waals surface area contributed by atoms with Gasteiger partial charge in [0.15, 0.2) is 0 Å². The summed E-state index contributed by atoms with van der Waals surface area (Å²) in [6.45, 7) is 1.96. The van der Waals surface area contributed by atoms with Crippen molar-refractivity contribution in [1.29, 1.82) is 0 Å². The summed E-state index contributed by atoms with van der Waals surface area (Å²) in [5.41, 5.74) is 0. The fraction of sp³-hybridized carbons (Fsp3) is 0.385. The van der Waals surface area contributed by atoms with Gasteiger partial charge in [0.05, 0.1) is 18.9 Å². The van der Waals surface area contributed by atoms with E-state index >= 15 is 0 Å². The van der Waals surface area contributed by atoms with Gasteiger partial charge in [-0.25, -0.2) is 0 Å². The molecule has 0 aliphatic carbocycles. The highest BCUT2D eigenvalue weighted by molar-refractivity contribution is 5.77. The Hall–Kier alpha value is -2.04. The lowest BCUT2D eigenvalue weighted by Gasteiger charge is -2.09. The van der Waals surface area contributed by atoms with Crippen LogP contribution >= 0.6 is 0 Å². The summed E-state index contributed by atoms with van der Waals surface area (Å²) in [6, 6.07) is 9.20. The van der Waals surface area contributed by atoms with Crippen LogP contribution in [0.25, 0.3) is 0 Å². The van der Waals surface area contributed by atoms with Crippen LogP contribution in [-0.4, -0.2) is 30.1 Å². The highest BCUT2D eigenvalue weighted by Crippen LogP contribution is 2.08. The highest BCUT2D eigenvalue weighted by atomic mass is 16.5. The van der Waals surface area contributed by atoms with Crippen molar-refractivity contribution in [2.24, 2.45) is 5.92 Å². The Labute approximate surface area is 106 Å². The fourth-order valence-corrected chi connectivity index (χ4v) is 1.22. The van der Waals surface area contributed by atoms with E-state index in [0.717, 1.165) is 0 Å². The molecule has 0 bridgehead atoms. The highest BCUT2D eigenvalue weighted by Gasteiger charge is 2.11. The lowest BCUT2D eigenvalue weighted by Crippen LogP contribution is -2.32. The molecule has 1 amide bonds. The van der Waals surface area contributed by atoms with E-state index in [4.69, 9.17) is 9.84 Å². The molecule has 5 heteroatoms. The third-order valence-corrected chi connectivity index (χ3v) is 2.37. The van der Waals surface area contributed by atoms with Crippen molar-refractivity contribution in [3.8, 4) is 5.75 Å². The van der Waals surface area contributed by atoms with Crippen molar-refractivity contribution in [3.05, 3.63) is 30.3 Å². The maximum Gasteiger partial charge on any atom is 0.308 e. The van der Waals surface area contributed by atoms with E-state index in [-0.39, 0.29) is 25.5 Å². The summed E-state index contributed by atoms with van der Waals surface area (Å²) in [4.78, 5) is 21.9. The Morgan fingerprint density at radius 2 is 2.00 bits per heavy atom. The van der Waals surface area contributed by atoms with Gasteiger partial charge in [0.25, 0.3) is 0 Å². The van der Waals surface area contributed by atoms with Crippen molar-refractivity contribution in [3.63, 3.8) is 0 Å². The molecule has 1 aromatic rings. The monoisotopic (exact) mass is 251 g/mol. The number of nitrogens with one attached hydrogen (secondary N) is 1. The molecule has 0 radical (unpaired) electrons. The molecule has 5 nitrogen and oxygen atoms in total. The Morgan fingerprint density at radius 3 is 2.61 bits per heavy atom. The fourth-order valence-electron chi connectivity index (χ4n) is 1.22. The van der Waals surface area contributed by atoms with Crippen LogP contribution in [0.5, 0.6) is 5.75 Å². The molecule has 0 spiro atoms. The topological polar surface area (TPSA) is 75.6 Å². The van der Waals surface area contributed by atoms with E-state index in [1.54, 1.807) is 6.92 Å². The quantitative estimate of drug-likeness (QED) is 0.765. The second-order valence-electron chi connectivity index (χ2n) is 3.95. The predicted molar refractivity (Wildman–Crippen MR) is 66.4 cm³/mol. The van der Waals surface area contributed by atoms with Crippen LogP contribution in [0.2, 0.25) is 0 Å². The molecule has 0 fully saturated rings. The SMILES string of the molecule is CC(CNC(=O)CCOc1ccccc1)C(=O)O. The Kier molecular flexibility index (Phi) is 5.70. The largest absolute Gasteiger partial charge is 0.493 e.